The van der Waals surface area contributed by atoms with Crippen molar-refractivity contribution < 1.29 is 9.90 Å². The smallest absolute Gasteiger partial charge is 0.305 e. The molecule has 1 aromatic heterocycles. The van der Waals surface area contributed by atoms with Gasteiger partial charge in [0.05, 0.1) is 6.42 Å². The van der Waals surface area contributed by atoms with Gasteiger partial charge in [0.1, 0.15) is 0 Å². The minimum atomic E-state index is -0.765. The number of carbonyl (C=O) groups is 1. The average molecular weight is 303 g/mol. The molecule has 0 saturated carbocycles. The Kier molecular flexibility index (Phi) is 5.53. The molecule has 2 aromatic rings. The SMILES string of the molecule is CC(Cc1cccs1)N(C)C(CC(=O)O)c1ccccc1. The second-order valence-corrected chi connectivity index (χ2v) is 6.35. The summed E-state index contributed by atoms with van der Waals surface area (Å²) in [5.41, 5.74) is 1.06. The third-order valence-electron chi connectivity index (χ3n) is 3.82. The highest BCUT2D eigenvalue weighted by atomic mass is 32.1. The monoisotopic (exact) mass is 303 g/mol. The first-order valence-corrected chi connectivity index (χ1v) is 7.97. The summed E-state index contributed by atoms with van der Waals surface area (Å²) >= 11 is 1.75. The standard InChI is InChI=1S/C17H21NO2S/c1-13(11-15-9-6-10-21-15)18(2)16(12-17(19)20)14-7-4-3-5-8-14/h3-10,13,16H,11-12H2,1-2H3,(H,19,20). The van der Waals surface area contributed by atoms with Gasteiger partial charge in [-0.05, 0) is 37.4 Å². The van der Waals surface area contributed by atoms with Crippen LogP contribution in [-0.4, -0.2) is 29.1 Å². The molecule has 2 rings (SSSR count). The molecular weight excluding hydrogens is 282 g/mol. The summed E-state index contributed by atoms with van der Waals surface area (Å²) in [6.07, 6.45) is 1.06. The molecule has 1 heterocycles. The van der Waals surface area contributed by atoms with Crippen molar-refractivity contribution in [1.29, 1.82) is 0 Å². The third kappa shape index (κ3) is 4.41. The van der Waals surface area contributed by atoms with Crippen LogP contribution in [0.25, 0.3) is 0 Å². The maximum Gasteiger partial charge on any atom is 0.305 e. The van der Waals surface area contributed by atoms with Gasteiger partial charge in [0, 0.05) is 17.0 Å². The van der Waals surface area contributed by atoms with Crippen LogP contribution in [0.15, 0.2) is 47.8 Å². The molecule has 3 nitrogen and oxygen atoms in total. The summed E-state index contributed by atoms with van der Waals surface area (Å²) < 4.78 is 0. The molecule has 0 aliphatic heterocycles. The summed E-state index contributed by atoms with van der Waals surface area (Å²) in [5.74, 6) is -0.765. The lowest BCUT2D eigenvalue weighted by atomic mass is 10.00. The summed E-state index contributed by atoms with van der Waals surface area (Å²) in [6, 6.07) is 14.2. The zero-order valence-corrected chi connectivity index (χ0v) is 13.2. The van der Waals surface area contributed by atoms with Crippen molar-refractivity contribution in [1.82, 2.24) is 4.90 Å². The first-order valence-electron chi connectivity index (χ1n) is 7.09. The molecule has 0 spiro atoms. The van der Waals surface area contributed by atoms with E-state index in [2.05, 4.69) is 29.3 Å². The summed E-state index contributed by atoms with van der Waals surface area (Å²) in [5, 5.41) is 11.3. The Morgan fingerprint density at radius 1 is 1.24 bits per heavy atom. The summed E-state index contributed by atoms with van der Waals surface area (Å²) in [7, 11) is 2.01. The van der Waals surface area contributed by atoms with Gasteiger partial charge in [0.15, 0.2) is 0 Å². The van der Waals surface area contributed by atoms with Crippen molar-refractivity contribution in [3.63, 3.8) is 0 Å². The van der Waals surface area contributed by atoms with Crippen LogP contribution in [-0.2, 0) is 11.2 Å². The predicted molar refractivity (Wildman–Crippen MR) is 86.7 cm³/mol. The van der Waals surface area contributed by atoms with E-state index in [0.29, 0.717) is 0 Å². The maximum atomic E-state index is 11.2. The van der Waals surface area contributed by atoms with Crippen molar-refractivity contribution in [2.24, 2.45) is 0 Å². The minimum absolute atomic E-state index is 0.0985. The molecular formula is C17H21NO2S. The molecule has 2 atom stereocenters. The molecule has 0 aliphatic rings. The van der Waals surface area contributed by atoms with Gasteiger partial charge in [-0.2, -0.15) is 0 Å². The van der Waals surface area contributed by atoms with Crippen molar-refractivity contribution in [3.05, 3.63) is 58.3 Å². The van der Waals surface area contributed by atoms with Gasteiger partial charge in [-0.1, -0.05) is 36.4 Å². The molecule has 0 amide bonds. The number of aliphatic carboxylic acids is 1. The van der Waals surface area contributed by atoms with Gasteiger partial charge >= 0.3 is 5.97 Å². The predicted octanol–water partition coefficient (Wildman–Crippen LogP) is 3.83. The van der Waals surface area contributed by atoms with E-state index in [9.17, 15) is 9.90 Å². The van der Waals surface area contributed by atoms with Crippen LogP contribution in [0.1, 0.15) is 29.8 Å². The third-order valence-corrected chi connectivity index (χ3v) is 4.71. The molecule has 0 radical (unpaired) electrons. The summed E-state index contributed by atoms with van der Waals surface area (Å²) in [6.45, 7) is 2.15. The van der Waals surface area contributed by atoms with E-state index >= 15 is 0 Å². The molecule has 2 unspecified atom stereocenters. The highest BCUT2D eigenvalue weighted by Gasteiger charge is 2.24. The zero-order valence-electron chi connectivity index (χ0n) is 12.4. The van der Waals surface area contributed by atoms with E-state index in [1.54, 1.807) is 11.3 Å². The number of hydrogen-bond donors (Lipinski definition) is 1. The minimum Gasteiger partial charge on any atom is -0.481 e. The highest BCUT2D eigenvalue weighted by molar-refractivity contribution is 7.09. The quantitative estimate of drug-likeness (QED) is 0.845. The second-order valence-electron chi connectivity index (χ2n) is 5.32. The molecule has 0 fully saturated rings. The van der Waals surface area contributed by atoms with Crippen LogP contribution in [0.4, 0.5) is 0 Å². The van der Waals surface area contributed by atoms with Crippen molar-refractivity contribution in [2.45, 2.75) is 31.8 Å². The van der Waals surface area contributed by atoms with Crippen LogP contribution in [0.2, 0.25) is 0 Å². The van der Waals surface area contributed by atoms with Crippen molar-refractivity contribution in [3.8, 4) is 0 Å². The second kappa shape index (κ2) is 7.38. The first kappa shape index (κ1) is 15.7. The van der Waals surface area contributed by atoms with Gasteiger partial charge in [-0.15, -0.1) is 11.3 Å². The fourth-order valence-corrected chi connectivity index (χ4v) is 3.34. The largest absolute Gasteiger partial charge is 0.481 e. The van der Waals surface area contributed by atoms with Gasteiger partial charge < -0.3 is 5.11 Å². The van der Waals surface area contributed by atoms with E-state index in [1.165, 1.54) is 4.88 Å². The number of nitrogens with zero attached hydrogens (tertiary/aromatic N) is 1. The van der Waals surface area contributed by atoms with Crippen molar-refractivity contribution >= 4 is 17.3 Å². The number of hydrogen-bond acceptors (Lipinski definition) is 3. The fraction of sp³-hybridized carbons (Fsp3) is 0.353. The topological polar surface area (TPSA) is 40.5 Å². The number of benzene rings is 1. The lowest BCUT2D eigenvalue weighted by Gasteiger charge is -2.32. The molecule has 0 saturated heterocycles. The zero-order chi connectivity index (χ0) is 15.2. The van der Waals surface area contributed by atoms with Gasteiger partial charge in [-0.25, -0.2) is 0 Å². The van der Waals surface area contributed by atoms with E-state index in [1.807, 2.05) is 37.4 Å². The number of likely N-dealkylation sites (N-methyl/N-ethyl adjacent to an activating group) is 1. The Hall–Kier alpha value is -1.65. The Balaban J connectivity index is 2.13. The van der Waals surface area contributed by atoms with Gasteiger partial charge in [0.25, 0.3) is 0 Å². The first-order chi connectivity index (χ1) is 10.1. The average Bonchev–Trinajstić information content (AvgIpc) is 2.97. The number of carboxylic acids is 1. The molecule has 4 heteroatoms. The normalized spacial score (nSPS) is 14.0. The van der Waals surface area contributed by atoms with Crippen molar-refractivity contribution in [2.75, 3.05) is 7.05 Å². The van der Waals surface area contributed by atoms with Crippen LogP contribution in [0.5, 0.6) is 0 Å². The Bertz CT molecular complexity index is 553. The molecule has 112 valence electrons. The lowest BCUT2D eigenvalue weighted by molar-refractivity contribution is -0.138. The van der Waals surface area contributed by atoms with Crippen LogP contribution in [0, 0.1) is 0 Å². The Morgan fingerprint density at radius 2 is 1.95 bits per heavy atom. The van der Waals surface area contributed by atoms with E-state index in [0.717, 1.165) is 12.0 Å². The molecule has 0 bridgehead atoms. The molecule has 1 N–H and O–H groups in total. The van der Waals surface area contributed by atoms with Gasteiger partial charge in [0.2, 0.25) is 0 Å². The molecule has 0 aliphatic carbocycles. The van der Waals surface area contributed by atoms with E-state index < -0.39 is 5.97 Å². The maximum absolute atomic E-state index is 11.2. The van der Waals surface area contributed by atoms with Crippen LogP contribution in [0.3, 0.4) is 0 Å². The Labute approximate surface area is 129 Å². The molecule has 1 aromatic carbocycles. The van der Waals surface area contributed by atoms with E-state index in [-0.39, 0.29) is 18.5 Å². The highest BCUT2D eigenvalue weighted by Crippen LogP contribution is 2.26. The fourth-order valence-electron chi connectivity index (χ4n) is 2.51. The van der Waals surface area contributed by atoms with E-state index in [4.69, 9.17) is 0 Å². The van der Waals surface area contributed by atoms with Gasteiger partial charge in [-0.3, -0.25) is 9.69 Å². The number of thiophene rings is 1. The lowest BCUT2D eigenvalue weighted by Crippen LogP contribution is -2.35. The number of carboxylic acid groups (broad SMARTS) is 1. The molecule has 21 heavy (non-hydrogen) atoms. The Morgan fingerprint density at radius 3 is 2.52 bits per heavy atom. The van der Waals surface area contributed by atoms with Crippen LogP contribution < -0.4 is 0 Å². The number of rotatable bonds is 7. The summed E-state index contributed by atoms with van der Waals surface area (Å²) in [4.78, 5) is 14.7. The van der Waals surface area contributed by atoms with Crippen LogP contribution >= 0.6 is 11.3 Å².